The number of nitrogens with one attached hydrogen (secondary N) is 1. The monoisotopic (exact) mass is 249 g/mol. The molecule has 1 aliphatic rings. The van der Waals surface area contributed by atoms with Crippen molar-refractivity contribution in [2.75, 3.05) is 13.7 Å². The molecule has 1 aromatic rings. The summed E-state index contributed by atoms with van der Waals surface area (Å²) in [5.74, 6) is -0.808. The first-order valence-corrected chi connectivity index (χ1v) is 5.99. The Labute approximate surface area is 106 Å². The number of halogens is 1. The minimum Gasteiger partial charge on any atom is -0.466 e. The molecule has 0 aromatic heterocycles. The fourth-order valence-electron chi connectivity index (χ4n) is 2.09. The van der Waals surface area contributed by atoms with Crippen molar-refractivity contribution in [1.82, 2.24) is 5.32 Å². The van der Waals surface area contributed by atoms with Crippen molar-refractivity contribution in [3.05, 3.63) is 41.2 Å². The highest BCUT2D eigenvalue weighted by Gasteiger charge is 2.16. The van der Waals surface area contributed by atoms with Gasteiger partial charge in [0.1, 0.15) is 5.82 Å². The molecule has 1 atom stereocenters. The molecule has 3 nitrogen and oxygen atoms in total. The van der Waals surface area contributed by atoms with Crippen molar-refractivity contribution >= 4 is 12.0 Å². The third-order valence-electron chi connectivity index (χ3n) is 3.09. The molecule has 18 heavy (non-hydrogen) atoms. The van der Waals surface area contributed by atoms with Crippen LogP contribution < -0.4 is 5.32 Å². The van der Waals surface area contributed by atoms with Crippen molar-refractivity contribution in [3.8, 4) is 0 Å². The zero-order chi connectivity index (χ0) is 13.0. The van der Waals surface area contributed by atoms with Gasteiger partial charge >= 0.3 is 5.97 Å². The molecule has 96 valence electrons. The van der Waals surface area contributed by atoms with Gasteiger partial charge in [0.25, 0.3) is 0 Å². The number of carbonyl (C=O) groups excluding carboxylic acids is 1. The number of benzene rings is 1. The molecule has 1 saturated heterocycles. The van der Waals surface area contributed by atoms with Gasteiger partial charge in [-0.25, -0.2) is 9.18 Å². The number of ether oxygens (including phenoxy) is 1. The van der Waals surface area contributed by atoms with Crippen LogP contribution in [0.3, 0.4) is 0 Å². The van der Waals surface area contributed by atoms with Crippen LogP contribution in [-0.2, 0) is 9.53 Å². The first kappa shape index (κ1) is 12.8. The van der Waals surface area contributed by atoms with E-state index in [-0.39, 0.29) is 11.9 Å². The summed E-state index contributed by atoms with van der Waals surface area (Å²) in [6.07, 6.45) is 4.80. The Bertz CT molecular complexity index is 465. The van der Waals surface area contributed by atoms with Gasteiger partial charge in [-0.1, -0.05) is 12.1 Å². The quantitative estimate of drug-likeness (QED) is 0.660. The van der Waals surface area contributed by atoms with Gasteiger partial charge in [0.05, 0.1) is 7.11 Å². The molecule has 1 fully saturated rings. The summed E-state index contributed by atoms with van der Waals surface area (Å²) in [4.78, 5) is 10.9. The molecule has 0 bridgehead atoms. The summed E-state index contributed by atoms with van der Waals surface area (Å²) in [6, 6.07) is 5.35. The summed E-state index contributed by atoms with van der Waals surface area (Å²) in [7, 11) is 1.29. The van der Waals surface area contributed by atoms with Gasteiger partial charge in [-0.3, -0.25) is 0 Å². The minimum atomic E-state index is -0.490. The Hall–Kier alpha value is -1.68. The van der Waals surface area contributed by atoms with Crippen LogP contribution >= 0.6 is 0 Å². The maximum absolute atomic E-state index is 13.8. The zero-order valence-electron chi connectivity index (χ0n) is 10.3. The second-order valence-corrected chi connectivity index (χ2v) is 4.29. The predicted octanol–water partition coefficient (Wildman–Crippen LogP) is 2.44. The maximum atomic E-state index is 13.8. The van der Waals surface area contributed by atoms with Gasteiger partial charge in [-0.15, -0.1) is 0 Å². The lowest BCUT2D eigenvalue weighted by Crippen LogP contribution is -2.13. The Balaban J connectivity index is 2.14. The third-order valence-corrected chi connectivity index (χ3v) is 3.09. The standard InChI is InChI=1S/C14H16FNO2/c1-18-14(17)7-6-10-4-5-11(9-12(10)15)13-3-2-8-16-13/h4-7,9,13,16H,2-3,8H2,1H3/b7-6+. The second kappa shape index (κ2) is 5.78. The molecule has 1 aliphatic heterocycles. The number of methoxy groups -OCH3 is 1. The molecule has 0 amide bonds. The van der Waals surface area contributed by atoms with Gasteiger partial charge in [0.2, 0.25) is 0 Å². The van der Waals surface area contributed by atoms with E-state index < -0.39 is 5.97 Å². The summed E-state index contributed by atoms with van der Waals surface area (Å²) >= 11 is 0. The van der Waals surface area contributed by atoms with Crippen LogP contribution in [-0.4, -0.2) is 19.6 Å². The maximum Gasteiger partial charge on any atom is 0.330 e. The lowest BCUT2D eigenvalue weighted by Gasteiger charge is -2.11. The SMILES string of the molecule is COC(=O)/C=C/c1ccc(C2CCCN2)cc1F. The zero-order valence-corrected chi connectivity index (χ0v) is 10.3. The van der Waals surface area contributed by atoms with Crippen molar-refractivity contribution in [1.29, 1.82) is 0 Å². The average molecular weight is 249 g/mol. The van der Waals surface area contributed by atoms with Gasteiger partial charge in [-0.2, -0.15) is 0 Å². The Morgan fingerprint density at radius 2 is 2.39 bits per heavy atom. The number of hydrogen-bond acceptors (Lipinski definition) is 3. The Morgan fingerprint density at radius 1 is 1.56 bits per heavy atom. The first-order chi connectivity index (χ1) is 8.70. The molecular weight excluding hydrogens is 233 g/mol. The topological polar surface area (TPSA) is 38.3 Å². The van der Waals surface area contributed by atoms with E-state index in [1.807, 2.05) is 6.07 Å². The number of esters is 1. The lowest BCUT2D eigenvalue weighted by atomic mass is 10.0. The van der Waals surface area contributed by atoms with Crippen molar-refractivity contribution in [3.63, 3.8) is 0 Å². The Kier molecular flexibility index (Phi) is 4.10. The van der Waals surface area contributed by atoms with Crippen LogP contribution in [0.5, 0.6) is 0 Å². The molecule has 0 aliphatic carbocycles. The van der Waals surface area contributed by atoms with E-state index in [0.29, 0.717) is 5.56 Å². The van der Waals surface area contributed by atoms with Gasteiger partial charge in [0, 0.05) is 17.7 Å². The summed E-state index contributed by atoms with van der Waals surface area (Å²) in [5, 5.41) is 3.32. The van der Waals surface area contributed by atoms with E-state index in [1.54, 1.807) is 6.07 Å². The van der Waals surface area contributed by atoms with Crippen LogP contribution in [0.2, 0.25) is 0 Å². The van der Waals surface area contributed by atoms with Crippen molar-refractivity contribution in [2.45, 2.75) is 18.9 Å². The Morgan fingerprint density at radius 3 is 3.00 bits per heavy atom. The van der Waals surface area contributed by atoms with E-state index in [0.717, 1.165) is 24.9 Å². The minimum absolute atomic E-state index is 0.248. The summed E-state index contributed by atoms with van der Waals surface area (Å²) < 4.78 is 18.3. The van der Waals surface area contributed by atoms with Crippen LogP contribution in [0.4, 0.5) is 4.39 Å². The van der Waals surface area contributed by atoms with E-state index in [4.69, 9.17) is 0 Å². The molecule has 1 unspecified atom stereocenters. The smallest absolute Gasteiger partial charge is 0.330 e. The predicted molar refractivity (Wildman–Crippen MR) is 67.4 cm³/mol. The van der Waals surface area contributed by atoms with Crippen LogP contribution in [0.1, 0.15) is 30.0 Å². The third kappa shape index (κ3) is 2.96. The molecular formula is C14H16FNO2. The first-order valence-electron chi connectivity index (χ1n) is 5.99. The highest BCUT2D eigenvalue weighted by molar-refractivity contribution is 5.86. The second-order valence-electron chi connectivity index (χ2n) is 4.29. The lowest BCUT2D eigenvalue weighted by molar-refractivity contribution is -0.134. The molecule has 4 heteroatoms. The highest BCUT2D eigenvalue weighted by atomic mass is 19.1. The molecule has 1 heterocycles. The van der Waals surface area contributed by atoms with E-state index in [9.17, 15) is 9.18 Å². The molecule has 1 aromatic carbocycles. The van der Waals surface area contributed by atoms with Crippen LogP contribution in [0.15, 0.2) is 24.3 Å². The largest absolute Gasteiger partial charge is 0.466 e. The van der Waals surface area contributed by atoms with Crippen LogP contribution in [0, 0.1) is 5.82 Å². The molecule has 2 rings (SSSR count). The van der Waals surface area contributed by atoms with Crippen molar-refractivity contribution in [2.24, 2.45) is 0 Å². The van der Waals surface area contributed by atoms with Crippen LogP contribution in [0.25, 0.3) is 6.08 Å². The molecule has 0 radical (unpaired) electrons. The summed E-state index contributed by atoms with van der Waals surface area (Å²) in [6.45, 7) is 0.982. The molecule has 0 spiro atoms. The average Bonchev–Trinajstić information content (AvgIpc) is 2.90. The number of hydrogen-bond donors (Lipinski definition) is 1. The fourth-order valence-corrected chi connectivity index (χ4v) is 2.09. The van der Waals surface area contributed by atoms with Gasteiger partial charge < -0.3 is 10.1 Å². The number of rotatable bonds is 3. The summed E-state index contributed by atoms with van der Waals surface area (Å²) in [5.41, 5.74) is 1.35. The molecule has 0 saturated carbocycles. The van der Waals surface area contributed by atoms with Crippen molar-refractivity contribution < 1.29 is 13.9 Å². The van der Waals surface area contributed by atoms with E-state index in [2.05, 4.69) is 10.1 Å². The van der Waals surface area contributed by atoms with E-state index >= 15 is 0 Å². The normalized spacial score (nSPS) is 19.3. The van der Waals surface area contributed by atoms with Gasteiger partial charge in [-0.05, 0) is 37.1 Å². The highest BCUT2D eigenvalue weighted by Crippen LogP contribution is 2.24. The van der Waals surface area contributed by atoms with E-state index in [1.165, 1.54) is 25.3 Å². The number of carbonyl (C=O) groups is 1. The van der Waals surface area contributed by atoms with Gasteiger partial charge in [0.15, 0.2) is 0 Å². The fraction of sp³-hybridized carbons (Fsp3) is 0.357. The molecule has 1 N–H and O–H groups in total.